The summed E-state index contributed by atoms with van der Waals surface area (Å²) in [5.41, 5.74) is -0.554. The summed E-state index contributed by atoms with van der Waals surface area (Å²) in [6.07, 6.45) is 4.25. The molecule has 9 heteroatoms. The highest BCUT2D eigenvalue weighted by Gasteiger charge is 2.46. The lowest BCUT2D eigenvalue weighted by Gasteiger charge is -2.40. The van der Waals surface area contributed by atoms with Crippen LogP contribution in [0, 0.1) is 5.92 Å². The smallest absolute Gasteiger partial charge is 0.410 e. The van der Waals surface area contributed by atoms with Gasteiger partial charge in [0, 0.05) is 33.9 Å². The highest BCUT2D eigenvalue weighted by Crippen LogP contribution is 2.34. The monoisotopic (exact) mass is 484 g/mol. The molecule has 0 aromatic rings. The van der Waals surface area contributed by atoms with Crippen molar-refractivity contribution in [3.63, 3.8) is 0 Å². The molecule has 0 aromatic carbocycles. The van der Waals surface area contributed by atoms with E-state index >= 15 is 0 Å². The molecule has 0 bridgehead atoms. The Labute approximate surface area is 204 Å². The van der Waals surface area contributed by atoms with Crippen molar-refractivity contribution >= 4 is 12.1 Å². The van der Waals surface area contributed by atoms with Crippen LogP contribution in [0.3, 0.4) is 0 Å². The third kappa shape index (κ3) is 6.83. The lowest BCUT2D eigenvalue weighted by molar-refractivity contribution is -0.156. The number of amides is 1. The second-order valence-corrected chi connectivity index (χ2v) is 10.6. The van der Waals surface area contributed by atoms with E-state index < -0.39 is 5.60 Å². The maximum Gasteiger partial charge on any atom is 0.410 e. The summed E-state index contributed by atoms with van der Waals surface area (Å²) in [6.45, 7) is 9.93. The Morgan fingerprint density at radius 1 is 0.971 bits per heavy atom. The number of hydrogen-bond donors (Lipinski definition) is 0. The predicted molar refractivity (Wildman–Crippen MR) is 126 cm³/mol. The molecule has 34 heavy (non-hydrogen) atoms. The predicted octanol–water partition coefficient (Wildman–Crippen LogP) is 3.20. The van der Waals surface area contributed by atoms with E-state index in [-0.39, 0.29) is 48.6 Å². The van der Waals surface area contributed by atoms with Crippen LogP contribution in [-0.2, 0) is 28.5 Å². The average Bonchev–Trinajstić information content (AvgIpc) is 3.44. The first-order valence-electron chi connectivity index (χ1n) is 12.8. The lowest BCUT2D eigenvalue weighted by Crippen LogP contribution is -2.54. The molecule has 1 aliphatic carbocycles. The van der Waals surface area contributed by atoms with Gasteiger partial charge in [-0.05, 0) is 66.2 Å². The molecular formula is C25H44N2O7. The van der Waals surface area contributed by atoms with Crippen LogP contribution in [0.4, 0.5) is 4.79 Å². The van der Waals surface area contributed by atoms with Crippen LogP contribution in [0.5, 0.6) is 0 Å². The number of carbonyl (C=O) groups excluding carboxylic acids is 2. The lowest BCUT2D eigenvalue weighted by atomic mass is 9.87. The highest BCUT2D eigenvalue weighted by atomic mass is 16.6. The number of rotatable bonds is 8. The minimum Gasteiger partial charge on any atom is -0.466 e. The van der Waals surface area contributed by atoms with Crippen molar-refractivity contribution in [2.45, 2.75) is 102 Å². The van der Waals surface area contributed by atoms with Crippen LogP contribution < -0.4 is 0 Å². The maximum absolute atomic E-state index is 13.0. The first kappa shape index (κ1) is 27.2. The molecule has 3 fully saturated rings. The van der Waals surface area contributed by atoms with E-state index in [9.17, 15) is 9.59 Å². The molecule has 2 saturated heterocycles. The van der Waals surface area contributed by atoms with Gasteiger partial charge in [-0.3, -0.25) is 9.69 Å². The van der Waals surface area contributed by atoms with Crippen molar-refractivity contribution in [3.8, 4) is 0 Å². The number of nitrogens with zero attached hydrogens (tertiary/aromatic N) is 2. The molecule has 2 heterocycles. The molecule has 1 amide bonds. The molecule has 0 radical (unpaired) electrons. The molecule has 2 aliphatic heterocycles. The average molecular weight is 485 g/mol. The summed E-state index contributed by atoms with van der Waals surface area (Å²) >= 11 is 0. The Kier molecular flexibility index (Phi) is 9.60. The number of carbonyl (C=O) groups is 2. The Morgan fingerprint density at radius 3 is 2.12 bits per heavy atom. The van der Waals surface area contributed by atoms with Crippen LogP contribution in [0.15, 0.2) is 0 Å². The second kappa shape index (κ2) is 12.0. The Bertz CT molecular complexity index is 663. The summed E-state index contributed by atoms with van der Waals surface area (Å²) in [7, 11) is 3.41. The van der Waals surface area contributed by atoms with Crippen molar-refractivity contribution in [1.29, 1.82) is 0 Å². The van der Waals surface area contributed by atoms with E-state index in [1.807, 2.05) is 32.6 Å². The van der Waals surface area contributed by atoms with Crippen molar-refractivity contribution in [2.75, 3.05) is 40.5 Å². The Balaban J connectivity index is 1.73. The van der Waals surface area contributed by atoms with Crippen molar-refractivity contribution in [1.82, 2.24) is 9.80 Å². The largest absolute Gasteiger partial charge is 0.466 e. The van der Waals surface area contributed by atoms with Crippen LogP contribution in [0.2, 0.25) is 0 Å². The summed E-state index contributed by atoms with van der Waals surface area (Å²) in [4.78, 5) is 29.3. The minimum atomic E-state index is -0.554. The number of esters is 1. The van der Waals surface area contributed by atoms with E-state index in [4.69, 9.17) is 23.7 Å². The molecule has 196 valence electrons. The summed E-state index contributed by atoms with van der Waals surface area (Å²) < 4.78 is 29.0. The molecule has 3 rings (SSSR count). The number of methoxy groups -OCH3 is 2. The fourth-order valence-electron chi connectivity index (χ4n) is 5.38. The minimum absolute atomic E-state index is 0.0272. The zero-order chi connectivity index (χ0) is 24.9. The molecule has 0 aromatic heterocycles. The fraction of sp³-hybridized carbons (Fsp3) is 0.920. The van der Waals surface area contributed by atoms with Gasteiger partial charge >= 0.3 is 12.1 Å². The molecular weight excluding hydrogens is 440 g/mol. The van der Waals surface area contributed by atoms with E-state index in [2.05, 4.69) is 4.90 Å². The van der Waals surface area contributed by atoms with Gasteiger partial charge in [0.05, 0.1) is 36.9 Å². The van der Waals surface area contributed by atoms with Gasteiger partial charge in [0.25, 0.3) is 0 Å². The standard InChI is InChI=1S/C25H44N2O7/c1-7-32-23(28)17-10-12-18(13-11-17)33-22(26-15-20(30-5)21(16-26)31-6)19-9-8-14-27(19)24(29)34-25(2,3)4/h17-22H,7-16H2,1-6H3/t17?,18?,19-,20-,21+,22?/m0/s1. The van der Waals surface area contributed by atoms with E-state index in [1.54, 1.807) is 14.2 Å². The molecule has 0 spiro atoms. The number of hydrogen-bond acceptors (Lipinski definition) is 8. The van der Waals surface area contributed by atoms with E-state index in [0.717, 1.165) is 38.5 Å². The molecule has 3 aliphatic rings. The quantitative estimate of drug-likeness (QED) is 0.486. The van der Waals surface area contributed by atoms with Crippen molar-refractivity contribution < 1.29 is 33.3 Å². The van der Waals surface area contributed by atoms with Gasteiger partial charge in [-0.2, -0.15) is 0 Å². The highest BCUT2D eigenvalue weighted by molar-refractivity contribution is 5.72. The molecule has 4 atom stereocenters. The molecule has 0 N–H and O–H groups in total. The SMILES string of the molecule is CCOC(=O)C1CCC(OC([C@@H]2CCCN2C(=O)OC(C)(C)C)N2C[C@H](OC)[C@H](OC)C2)CC1. The third-order valence-corrected chi connectivity index (χ3v) is 7.09. The van der Waals surface area contributed by atoms with Gasteiger partial charge in [-0.25, -0.2) is 4.79 Å². The van der Waals surface area contributed by atoms with Gasteiger partial charge in [0.1, 0.15) is 11.8 Å². The number of likely N-dealkylation sites (tertiary alicyclic amines) is 2. The number of ether oxygens (including phenoxy) is 5. The van der Waals surface area contributed by atoms with Crippen molar-refractivity contribution in [3.05, 3.63) is 0 Å². The first-order valence-corrected chi connectivity index (χ1v) is 12.8. The summed E-state index contributed by atoms with van der Waals surface area (Å²) in [5, 5.41) is 0. The molecule has 1 saturated carbocycles. The van der Waals surface area contributed by atoms with E-state index in [0.29, 0.717) is 26.2 Å². The Morgan fingerprint density at radius 2 is 1.59 bits per heavy atom. The van der Waals surface area contributed by atoms with Gasteiger partial charge in [0.2, 0.25) is 0 Å². The van der Waals surface area contributed by atoms with Gasteiger partial charge < -0.3 is 28.6 Å². The van der Waals surface area contributed by atoms with Crippen LogP contribution in [0.25, 0.3) is 0 Å². The zero-order valence-corrected chi connectivity index (χ0v) is 21.8. The van der Waals surface area contributed by atoms with Crippen LogP contribution >= 0.6 is 0 Å². The van der Waals surface area contributed by atoms with E-state index in [1.165, 1.54) is 0 Å². The van der Waals surface area contributed by atoms with Gasteiger partial charge in [-0.15, -0.1) is 0 Å². The van der Waals surface area contributed by atoms with Gasteiger partial charge in [-0.1, -0.05) is 0 Å². The normalized spacial score (nSPS) is 31.5. The van der Waals surface area contributed by atoms with Crippen LogP contribution in [-0.4, -0.2) is 98.5 Å². The van der Waals surface area contributed by atoms with Crippen LogP contribution in [0.1, 0.15) is 66.2 Å². The maximum atomic E-state index is 13.0. The zero-order valence-electron chi connectivity index (χ0n) is 21.8. The fourth-order valence-corrected chi connectivity index (χ4v) is 5.38. The molecule has 9 nitrogen and oxygen atoms in total. The second-order valence-electron chi connectivity index (χ2n) is 10.6. The Hall–Kier alpha value is -1.42. The molecule has 1 unspecified atom stereocenters. The van der Waals surface area contributed by atoms with Gasteiger partial charge in [0.15, 0.2) is 0 Å². The summed E-state index contributed by atoms with van der Waals surface area (Å²) in [6, 6.07) is -0.106. The van der Waals surface area contributed by atoms with Crippen molar-refractivity contribution in [2.24, 2.45) is 5.92 Å². The topological polar surface area (TPSA) is 86.8 Å². The first-order chi connectivity index (χ1) is 16.2. The third-order valence-electron chi connectivity index (χ3n) is 7.09. The summed E-state index contributed by atoms with van der Waals surface area (Å²) in [5.74, 6) is -0.152.